The third-order valence-corrected chi connectivity index (χ3v) is 4.87. The average Bonchev–Trinajstić information content (AvgIpc) is 3.00. The molecule has 1 amide bonds. The maximum atomic E-state index is 12.6. The van der Waals surface area contributed by atoms with Crippen molar-refractivity contribution in [3.63, 3.8) is 0 Å². The van der Waals surface area contributed by atoms with Crippen LogP contribution in [0.15, 0.2) is 30.3 Å². The van der Waals surface area contributed by atoms with Crippen LogP contribution in [0.4, 0.5) is 5.69 Å². The van der Waals surface area contributed by atoms with Gasteiger partial charge in [-0.2, -0.15) is 0 Å². The van der Waals surface area contributed by atoms with Crippen LogP contribution in [0.3, 0.4) is 0 Å². The molecule has 2 aliphatic rings. The lowest BCUT2D eigenvalue weighted by atomic mass is 9.91. The van der Waals surface area contributed by atoms with Gasteiger partial charge in [0.25, 0.3) is 0 Å². The Hall–Kier alpha value is -1.31. The highest BCUT2D eigenvalue weighted by atomic mass is 16.2. The molecule has 0 aliphatic heterocycles. The largest absolute Gasteiger partial charge is 0.315 e. The predicted molar refractivity (Wildman–Crippen MR) is 73.4 cm³/mol. The summed E-state index contributed by atoms with van der Waals surface area (Å²) in [6, 6.07) is 10.0. The number of benzene rings is 1. The zero-order valence-corrected chi connectivity index (χ0v) is 11.0. The Morgan fingerprint density at radius 1 is 1.11 bits per heavy atom. The maximum absolute atomic E-state index is 12.6. The molecule has 2 saturated carbocycles. The third kappa shape index (κ3) is 1.94. The molecule has 0 saturated heterocycles. The number of amides is 1. The standard InChI is InChI=1S/C16H21NO/c1-17(13-7-3-2-4-8-13)16(18)15-11-10-12-6-5-9-14(12)15/h2-4,7-8,12,14-15H,5-6,9-11H2,1H3/t12-,14-,15+/m0/s1. The van der Waals surface area contributed by atoms with Crippen molar-refractivity contribution >= 4 is 11.6 Å². The van der Waals surface area contributed by atoms with E-state index in [4.69, 9.17) is 0 Å². The molecule has 3 atom stereocenters. The number of hydrogen-bond donors (Lipinski definition) is 0. The van der Waals surface area contributed by atoms with Gasteiger partial charge in [0, 0.05) is 18.7 Å². The van der Waals surface area contributed by atoms with Crippen molar-refractivity contribution in [1.82, 2.24) is 0 Å². The lowest BCUT2D eigenvalue weighted by Gasteiger charge is -2.24. The van der Waals surface area contributed by atoms with Gasteiger partial charge in [0.15, 0.2) is 0 Å². The van der Waals surface area contributed by atoms with E-state index in [-0.39, 0.29) is 5.92 Å². The fourth-order valence-electron chi connectivity index (χ4n) is 3.90. The lowest BCUT2D eigenvalue weighted by molar-refractivity contribution is -0.123. The van der Waals surface area contributed by atoms with Gasteiger partial charge in [0.2, 0.25) is 5.91 Å². The number of para-hydroxylation sites is 1. The zero-order chi connectivity index (χ0) is 12.5. The SMILES string of the molecule is CN(C(=O)[C@@H]1CC[C@@H]2CCC[C@@H]21)c1ccccc1. The maximum Gasteiger partial charge on any atom is 0.230 e. The summed E-state index contributed by atoms with van der Waals surface area (Å²) >= 11 is 0. The predicted octanol–water partition coefficient (Wildman–Crippen LogP) is 3.48. The first-order valence-corrected chi connectivity index (χ1v) is 7.10. The molecule has 0 aromatic heterocycles. The Labute approximate surface area is 109 Å². The summed E-state index contributed by atoms with van der Waals surface area (Å²) in [7, 11) is 1.92. The second kappa shape index (κ2) is 4.75. The quantitative estimate of drug-likeness (QED) is 0.778. The Balaban J connectivity index is 1.75. The summed E-state index contributed by atoms with van der Waals surface area (Å²) in [5.41, 5.74) is 1.02. The van der Waals surface area contributed by atoms with Crippen LogP contribution in [0.5, 0.6) is 0 Å². The number of hydrogen-bond acceptors (Lipinski definition) is 1. The molecule has 2 fully saturated rings. The van der Waals surface area contributed by atoms with E-state index in [1.165, 1.54) is 25.7 Å². The van der Waals surface area contributed by atoms with Crippen LogP contribution < -0.4 is 4.90 Å². The smallest absolute Gasteiger partial charge is 0.230 e. The molecule has 3 rings (SSSR count). The molecule has 2 nitrogen and oxygen atoms in total. The van der Waals surface area contributed by atoms with E-state index in [1.54, 1.807) is 0 Å². The molecular weight excluding hydrogens is 222 g/mol. The monoisotopic (exact) mass is 243 g/mol. The van der Waals surface area contributed by atoms with E-state index < -0.39 is 0 Å². The van der Waals surface area contributed by atoms with Gasteiger partial charge in [0.05, 0.1) is 0 Å². The highest BCUT2D eigenvalue weighted by molar-refractivity contribution is 5.94. The van der Waals surface area contributed by atoms with E-state index in [2.05, 4.69) is 0 Å². The summed E-state index contributed by atoms with van der Waals surface area (Å²) in [6.45, 7) is 0. The van der Waals surface area contributed by atoms with Crippen LogP contribution >= 0.6 is 0 Å². The van der Waals surface area contributed by atoms with Crippen LogP contribution in [0.2, 0.25) is 0 Å². The second-order valence-corrected chi connectivity index (χ2v) is 5.77. The Morgan fingerprint density at radius 2 is 1.89 bits per heavy atom. The molecule has 96 valence electrons. The molecule has 0 N–H and O–H groups in total. The van der Waals surface area contributed by atoms with Crippen molar-refractivity contribution in [2.75, 3.05) is 11.9 Å². The second-order valence-electron chi connectivity index (χ2n) is 5.77. The van der Waals surface area contributed by atoms with Crippen molar-refractivity contribution in [3.05, 3.63) is 30.3 Å². The number of nitrogens with zero attached hydrogens (tertiary/aromatic N) is 1. The normalized spacial score (nSPS) is 30.2. The van der Waals surface area contributed by atoms with E-state index in [1.807, 2.05) is 42.3 Å². The van der Waals surface area contributed by atoms with Gasteiger partial charge in [-0.3, -0.25) is 4.79 Å². The topological polar surface area (TPSA) is 20.3 Å². The molecule has 0 heterocycles. The molecule has 18 heavy (non-hydrogen) atoms. The first-order valence-electron chi connectivity index (χ1n) is 7.10. The average molecular weight is 243 g/mol. The van der Waals surface area contributed by atoms with Crippen LogP contribution in [0.1, 0.15) is 32.1 Å². The summed E-state index contributed by atoms with van der Waals surface area (Å²) in [5.74, 6) is 2.12. The molecule has 2 heteroatoms. The lowest BCUT2D eigenvalue weighted by Crippen LogP contribution is -2.34. The minimum atomic E-state index is 0.280. The Kier molecular flexibility index (Phi) is 3.11. The molecule has 0 radical (unpaired) electrons. The molecular formula is C16H21NO. The van der Waals surface area contributed by atoms with E-state index in [0.29, 0.717) is 11.8 Å². The Morgan fingerprint density at radius 3 is 2.67 bits per heavy atom. The van der Waals surface area contributed by atoms with Crippen LogP contribution in [0, 0.1) is 17.8 Å². The first-order chi connectivity index (χ1) is 8.77. The van der Waals surface area contributed by atoms with Crippen molar-refractivity contribution in [1.29, 1.82) is 0 Å². The number of fused-ring (bicyclic) bond motifs is 1. The van der Waals surface area contributed by atoms with Crippen molar-refractivity contribution in [2.24, 2.45) is 17.8 Å². The first kappa shape index (κ1) is 11.8. The van der Waals surface area contributed by atoms with Crippen LogP contribution in [-0.4, -0.2) is 13.0 Å². The molecule has 0 unspecified atom stereocenters. The van der Waals surface area contributed by atoms with E-state index in [9.17, 15) is 4.79 Å². The van der Waals surface area contributed by atoms with Gasteiger partial charge in [-0.1, -0.05) is 31.0 Å². The van der Waals surface area contributed by atoms with Crippen molar-refractivity contribution in [3.8, 4) is 0 Å². The molecule has 2 aliphatic carbocycles. The highest BCUT2D eigenvalue weighted by Gasteiger charge is 2.43. The molecule has 0 spiro atoms. The summed E-state index contributed by atoms with van der Waals surface area (Å²) in [5, 5.41) is 0. The third-order valence-electron chi connectivity index (χ3n) is 4.87. The summed E-state index contributed by atoms with van der Waals surface area (Å²) in [6.07, 6.45) is 6.32. The number of anilines is 1. The number of rotatable bonds is 2. The Bertz CT molecular complexity index is 428. The van der Waals surface area contributed by atoms with Crippen molar-refractivity contribution < 1.29 is 4.79 Å². The zero-order valence-electron chi connectivity index (χ0n) is 11.0. The number of carbonyl (C=O) groups excluding carboxylic acids is 1. The van der Waals surface area contributed by atoms with Crippen LogP contribution in [-0.2, 0) is 4.79 Å². The van der Waals surface area contributed by atoms with Gasteiger partial charge in [-0.05, 0) is 43.2 Å². The van der Waals surface area contributed by atoms with E-state index in [0.717, 1.165) is 18.0 Å². The fourth-order valence-corrected chi connectivity index (χ4v) is 3.90. The van der Waals surface area contributed by atoms with Gasteiger partial charge >= 0.3 is 0 Å². The van der Waals surface area contributed by atoms with Crippen LogP contribution in [0.25, 0.3) is 0 Å². The van der Waals surface area contributed by atoms with Gasteiger partial charge in [0.1, 0.15) is 0 Å². The minimum absolute atomic E-state index is 0.280. The summed E-state index contributed by atoms with van der Waals surface area (Å²) in [4.78, 5) is 14.5. The molecule has 1 aromatic carbocycles. The van der Waals surface area contributed by atoms with Crippen molar-refractivity contribution in [2.45, 2.75) is 32.1 Å². The minimum Gasteiger partial charge on any atom is -0.315 e. The molecule has 0 bridgehead atoms. The summed E-state index contributed by atoms with van der Waals surface area (Å²) < 4.78 is 0. The highest BCUT2D eigenvalue weighted by Crippen LogP contribution is 2.48. The van der Waals surface area contributed by atoms with Gasteiger partial charge < -0.3 is 4.90 Å². The number of carbonyl (C=O) groups is 1. The van der Waals surface area contributed by atoms with Gasteiger partial charge in [-0.25, -0.2) is 0 Å². The van der Waals surface area contributed by atoms with Gasteiger partial charge in [-0.15, -0.1) is 0 Å². The molecule has 1 aromatic rings. The van der Waals surface area contributed by atoms with E-state index >= 15 is 0 Å². The fraction of sp³-hybridized carbons (Fsp3) is 0.562.